The summed E-state index contributed by atoms with van der Waals surface area (Å²) in [5, 5.41) is 4.62. The second kappa shape index (κ2) is 8.05. The number of anilines is 3. The molecule has 0 unspecified atom stereocenters. The van der Waals surface area contributed by atoms with Crippen LogP contribution in [0.3, 0.4) is 0 Å². The Bertz CT molecular complexity index is 1130. The predicted molar refractivity (Wildman–Crippen MR) is 127 cm³/mol. The highest BCUT2D eigenvalue weighted by Gasteiger charge is 2.14. The lowest BCUT2D eigenvalue weighted by molar-refractivity contribution is 0.313. The van der Waals surface area contributed by atoms with Gasteiger partial charge in [0.15, 0.2) is 0 Å². The van der Waals surface area contributed by atoms with E-state index in [-0.39, 0.29) is 0 Å². The Morgan fingerprint density at radius 1 is 0.967 bits per heavy atom. The van der Waals surface area contributed by atoms with Gasteiger partial charge in [0.1, 0.15) is 0 Å². The van der Waals surface area contributed by atoms with Crippen LogP contribution in [0.4, 0.5) is 17.3 Å². The SMILES string of the molecule is Cc1cnc(Nc2ccc(N3CCN(C)CC3)cc2)nc1-c1cc2ccccc2s1. The number of hydrogen-bond acceptors (Lipinski definition) is 6. The molecule has 4 aromatic rings. The van der Waals surface area contributed by atoms with E-state index >= 15 is 0 Å². The maximum absolute atomic E-state index is 4.83. The van der Waals surface area contributed by atoms with Gasteiger partial charge in [-0.25, -0.2) is 9.97 Å². The van der Waals surface area contributed by atoms with Gasteiger partial charge in [-0.1, -0.05) is 18.2 Å². The normalized spacial score (nSPS) is 14.9. The molecular formula is C24H25N5S. The van der Waals surface area contributed by atoms with E-state index in [0.717, 1.165) is 43.1 Å². The van der Waals surface area contributed by atoms with Crippen molar-refractivity contribution in [1.82, 2.24) is 14.9 Å². The predicted octanol–water partition coefficient (Wildman–Crippen LogP) is 5.16. The molecule has 0 bridgehead atoms. The van der Waals surface area contributed by atoms with E-state index in [2.05, 4.69) is 88.7 Å². The van der Waals surface area contributed by atoms with Crippen LogP contribution in [0.1, 0.15) is 5.56 Å². The molecule has 1 saturated heterocycles. The van der Waals surface area contributed by atoms with Gasteiger partial charge in [-0.15, -0.1) is 11.3 Å². The Balaban J connectivity index is 1.36. The van der Waals surface area contributed by atoms with Gasteiger partial charge in [-0.2, -0.15) is 0 Å². The molecule has 6 heteroatoms. The first-order valence-electron chi connectivity index (χ1n) is 10.3. The van der Waals surface area contributed by atoms with Crippen LogP contribution in [0.5, 0.6) is 0 Å². The highest BCUT2D eigenvalue weighted by atomic mass is 32.1. The van der Waals surface area contributed by atoms with Gasteiger partial charge < -0.3 is 15.1 Å². The molecular weight excluding hydrogens is 390 g/mol. The van der Waals surface area contributed by atoms with E-state index in [9.17, 15) is 0 Å². The van der Waals surface area contributed by atoms with Crippen LogP contribution in [0.2, 0.25) is 0 Å². The van der Waals surface area contributed by atoms with Crippen LogP contribution in [-0.4, -0.2) is 48.1 Å². The largest absolute Gasteiger partial charge is 0.369 e. The number of nitrogens with zero attached hydrogens (tertiary/aromatic N) is 4. The first kappa shape index (κ1) is 19.0. The number of benzene rings is 2. The van der Waals surface area contributed by atoms with Crippen molar-refractivity contribution in [3.63, 3.8) is 0 Å². The van der Waals surface area contributed by atoms with Crippen LogP contribution in [0.15, 0.2) is 60.8 Å². The molecule has 1 fully saturated rings. The number of fused-ring (bicyclic) bond motifs is 1. The van der Waals surface area contributed by atoms with Crippen molar-refractivity contribution >= 4 is 38.7 Å². The molecule has 0 aliphatic carbocycles. The third kappa shape index (κ3) is 3.88. The Labute approximate surface area is 181 Å². The monoisotopic (exact) mass is 415 g/mol. The minimum absolute atomic E-state index is 0.625. The summed E-state index contributed by atoms with van der Waals surface area (Å²) in [6.45, 7) is 6.43. The molecule has 2 aromatic carbocycles. The van der Waals surface area contributed by atoms with Gasteiger partial charge in [0.2, 0.25) is 5.95 Å². The Kier molecular flexibility index (Phi) is 5.11. The van der Waals surface area contributed by atoms with Crippen LogP contribution < -0.4 is 10.2 Å². The first-order valence-corrected chi connectivity index (χ1v) is 11.1. The van der Waals surface area contributed by atoms with E-state index < -0.39 is 0 Å². The fourth-order valence-electron chi connectivity index (χ4n) is 3.80. The van der Waals surface area contributed by atoms with E-state index in [1.165, 1.54) is 20.7 Å². The summed E-state index contributed by atoms with van der Waals surface area (Å²) in [7, 11) is 2.18. The van der Waals surface area contributed by atoms with Crippen molar-refractivity contribution in [3.05, 3.63) is 66.4 Å². The fraction of sp³-hybridized carbons (Fsp3) is 0.250. The highest BCUT2D eigenvalue weighted by Crippen LogP contribution is 2.34. The Morgan fingerprint density at radius 3 is 2.50 bits per heavy atom. The lowest BCUT2D eigenvalue weighted by atomic mass is 10.2. The first-order chi connectivity index (χ1) is 14.7. The maximum atomic E-state index is 4.83. The second-order valence-corrected chi connectivity index (χ2v) is 8.92. The number of hydrogen-bond donors (Lipinski definition) is 1. The number of thiophene rings is 1. The molecule has 5 nitrogen and oxygen atoms in total. The van der Waals surface area contributed by atoms with Crippen molar-refractivity contribution in [2.24, 2.45) is 0 Å². The second-order valence-electron chi connectivity index (χ2n) is 7.84. The van der Waals surface area contributed by atoms with Crippen LogP contribution in [0.25, 0.3) is 20.7 Å². The number of nitrogens with one attached hydrogen (secondary N) is 1. The number of rotatable bonds is 4. The lowest BCUT2D eigenvalue weighted by Gasteiger charge is -2.34. The molecule has 1 aliphatic heterocycles. The fourth-order valence-corrected chi connectivity index (χ4v) is 4.92. The van der Waals surface area contributed by atoms with Gasteiger partial charge in [-0.3, -0.25) is 0 Å². The van der Waals surface area contributed by atoms with E-state index in [1.807, 2.05) is 6.20 Å². The molecule has 1 aliphatic rings. The average molecular weight is 416 g/mol. The van der Waals surface area contributed by atoms with E-state index in [4.69, 9.17) is 4.98 Å². The summed E-state index contributed by atoms with van der Waals surface area (Å²) in [6.07, 6.45) is 1.90. The average Bonchev–Trinajstić information content (AvgIpc) is 3.20. The number of aryl methyl sites for hydroxylation is 1. The molecule has 152 valence electrons. The van der Waals surface area contributed by atoms with Crippen molar-refractivity contribution in [1.29, 1.82) is 0 Å². The van der Waals surface area contributed by atoms with Gasteiger partial charge >= 0.3 is 0 Å². The summed E-state index contributed by atoms with van der Waals surface area (Å²) in [5.74, 6) is 0.625. The zero-order valence-corrected chi connectivity index (χ0v) is 18.1. The zero-order chi connectivity index (χ0) is 20.5. The molecule has 0 amide bonds. The quantitative estimate of drug-likeness (QED) is 0.499. The number of aromatic nitrogens is 2. The smallest absolute Gasteiger partial charge is 0.227 e. The third-order valence-electron chi connectivity index (χ3n) is 5.62. The van der Waals surface area contributed by atoms with Crippen molar-refractivity contribution < 1.29 is 0 Å². The van der Waals surface area contributed by atoms with Crippen molar-refractivity contribution in [2.75, 3.05) is 43.4 Å². The molecule has 3 heterocycles. The Morgan fingerprint density at radius 2 is 1.73 bits per heavy atom. The summed E-state index contributed by atoms with van der Waals surface area (Å²) in [4.78, 5) is 15.3. The van der Waals surface area contributed by atoms with Gasteiger partial charge in [0.05, 0.1) is 10.6 Å². The standard InChI is InChI=1S/C24H25N5S/c1-17-16-25-24(27-23(17)22-15-18-5-3-4-6-21(18)30-22)26-19-7-9-20(10-8-19)29-13-11-28(2)12-14-29/h3-10,15-16H,11-14H2,1-2H3,(H,25,26,27). The van der Waals surface area contributed by atoms with Crippen molar-refractivity contribution in [3.8, 4) is 10.6 Å². The number of likely N-dealkylation sites (N-methyl/N-ethyl adjacent to an activating group) is 1. The minimum atomic E-state index is 0.625. The van der Waals surface area contributed by atoms with Gasteiger partial charge in [0.25, 0.3) is 0 Å². The molecule has 0 spiro atoms. The van der Waals surface area contributed by atoms with Crippen LogP contribution in [0, 0.1) is 6.92 Å². The van der Waals surface area contributed by atoms with Gasteiger partial charge in [0, 0.05) is 48.5 Å². The third-order valence-corrected chi connectivity index (χ3v) is 6.75. The topological polar surface area (TPSA) is 44.3 Å². The number of piperazine rings is 1. The van der Waals surface area contributed by atoms with Gasteiger partial charge in [-0.05, 0) is 61.3 Å². The molecule has 2 aromatic heterocycles. The van der Waals surface area contributed by atoms with E-state index in [1.54, 1.807) is 11.3 Å². The molecule has 0 atom stereocenters. The maximum Gasteiger partial charge on any atom is 0.227 e. The lowest BCUT2D eigenvalue weighted by Crippen LogP contribution is -2.44. The molecule has 0 radical (unpaired) electrons. The molecule has 1 N–H and O–H groups in total. The molecule has 0 saturated carbocycles. The zero-order valence-electron chi connectivity index (χ0n) is 17.3. The molecule has 5 rings (SSSR count). The minimum Gasteiger partial charge on any atom is -0.369 e. The highest BCUT2D eigenvalue weighted by molar-refractivity contribution is 7.22. The van der Waals surface area contributed by atoms with E-state index in [0.29, 0.717) is 5.95 Å². The van der Waals surface area contributed by atoms with Crippen molar-refractivity contribution in [2.45, 2.75) is 6.92 Å². The summed E-state index contributed by atoms with van der Waals surface area (Å²) >= 11 is 1.77. The van der Waals surface area contributed by atoms with Crippen LogP contribution >= 0.6 is 11.3 Å². The van der Waals surface area contributed by atoms with Crippen LogP contribution in [-0.2, 0) is 0 Å². The summed E-state index contributed by atoms with van der Waals surface area (Å²) < 4.78 is 1.28. The Hall–Kier alpha value is -2.96. The summed E-state index contributed by atoms with van der Waals surface area (Å²) in [6, 6.07) is 19.2. The molecule has 30 heavy (non-hydrogen) atoms. The summed E-state index contributed by atoms with van der Waals surface area (Å²) in [5.41, 5.74) is 4.34.